The van der Waals surface area contributed by atoms with Gasteiger partial charge in [0, 0.05) is 11.3 Å². The molecule has 1 atom stereocenters. The second-order valence-corrected chi connectivity index (χ2v) is 8.96. The second kappa shape index (κ2) is 7.91. The van der Waals surface area contributed by atoms with Crippen molar-refractivity contribution >= 4 is 11.3 Å². The quantitative estimate of drug-likeness (QED) is 0.485. The van der Waals surface area contributed by atoms with Crippen LogP contribution in [0.4, 0.5) is 5.69 Å². The first-order valence-electron chi connectivity index (χ1n) is 10.7. The van der Waals surface area contributed by atoms with Gasteiger partial charge < -0.3 is 5.32 Å². The first kappa shape index (κ1) is 19.5. The predicted octanol–water partition coefficient (Wildman–Crippen LogP) is 7.88. The molecule has 3 aromatic carbocycles. The Morgan fingerprint density at radius 1 is 0.759 bits per heavy atom. The fourth-order valence-corrected chi connectivity index (χ4v) is 4.35. The number of hydrogen-bond donors (Lipinski definition) is 1. The number of aryl methyl sites for hydroxylation is 3. The Kier molecular flexibility index (Phi) is 5.32. The summed E-state index contributed by atoms with van der Waals surface area (Å²) in [7, 11) is 0. The van der Waals surface area contributed by atoms with Gasteiger partial charge in [-0.1, -0.05) is 85.1 Å². The monoisotopic (exact) mass is 381 g/mol. The van der Waals surface area contributed by atoms with E-state index in [1.54, 1.807) is 0 Å². The molecule has 0 spiro atoms. The van der Waals surface area contributed by atoms with Crippen LogP contribution in [0.1, 0.15) is 54.1 Å². The van der Waals surface area contributed by atoms with E-state index in [0.717, 1.165) is 6.42 Å². The number of hydrogen-bond acceptors (Lipinski definition) is 1. The molecular formula is C28H31N. The molecule has 0 aliphatic carbocycles. The van der Waals surface area contributed by atoms with E-state index in [0.29, 0.717) is 5.92 Å². The third-order valence-electron chi connectivity index (χ3n) is 5.66. The smallest absolute Gasteiger partial charge is 0.0704 e. The molecule has 0 saturated heterocycles. The van der Waals surface area contributed by atoms with Crippen molar-refractivity contribution in [3.63, 3.8) is 0 Å². The van der Waals surface area contributed by atoms with Crippen LogP contribution in [0.15, 0.2) is 66.7 Å². The number of anilines is 1. The molecule has 0 amide bonds. The molecule has 0 aromatic heterocycles. The van der Waals surface area contributed by atoms with E-state index in [2.05, 4.69) is 107 Å². The maximum atomic E-state index is 3.78. The zero-order valence-electron chi connectivity index (χ0n) is 18.2. The highest BCUT2D eigenvalue weighted by Gasteiger charge is 2.21. The lowest BCUT2D eigenvalue weighted by atomic mass is 9.86. The zero-order valence-corrected chi connectivity index (χ0v) is 18.2. The number of nitrogens with one attached hydrogen (secondary N) is 1. The van der Waals surface area contributed by atoms with E-state index in [1.807, 2.05) is 0 Å². The molecule has 0 radical (unpaired) electrons. The summed E-state index contributed by atoms with van der Waals surface area (Å²) in [4.78, 5) is 0. The SMILES string of the molecule is Cc1ccc(-c2ccc3c(c2)C(CC(C)C)=CC(c2cc(C)cc(C)c2)N3)cc1. The van der Waals surface area contributed by atoms with Gasteiger partial charge in [-0.15, -0.1) is 0 Å². The van der Waals surface area contributed by atoms with Gasteiger partial charge in [-0.25, -0.2) is 0 Å². The minimum absolute atomic E-state index is 0.222. The lowest BCUT2D eigenvalue weighted by molar-refractivity contribution is 0.670. The molecule has 148 valence electrons. The van der Waals surface area contributed by atoms with Crippen molar-refractivity contribution in [3.05, 3.63) is 94.6 Å². The molecule has 4 rings (SSSR count). The minimum atomic E-state index is 0.222. The summed E-state index contributed by atoms with van der Waals surface area (Å²) in [5.74, 6) is 0.620. The maximum absolute atomic E-state index is 3.78. The van der Waals surface area contributed by atoms with Gasteiger partial charge in [0.25, 0.3) is 0 Å². The van der Waals surface area contributed by atoms with Crippen molar-refractivity contribution in [1.82, 2.24) is 0 Å². The standard InChI is InChI=1S/C28H31N/c1-18(2)12-24-17-28(25-14-20(4)13-21(5)15-25)29-27-11-10-23(16-26(24)27)22-8-6-19(3)7-9-22/h6-11,13-18,28-29H,12H2,1-5H3. The van der Waals surface area contributed by atoms with Crippen LogP contribution in [0.2, 0.25) is 0 Å². The highest BCUT2D eigenvalue weighted by molar-refractivity contribution is 5.84. The van der Waals surface area contributed by atoms with Crippen molar-refractivity contribution in [2.24, 2.45) is 5.92 Å². The molecule has 0 saturated carbocycles. The second-order valence-electron chi connectivity index (χ2n) is 8.96. The highest BCUT2D eigenvalue weighted by Crippen LogP contribution is 2.40. The van der Waals surface area contributed by atoms with E-state index in [1.165, 1.54) is 50.2 Å². The van der Waals surface area contributed by atoms with Crippen LogP contribution in [-0.2, 0) is 0 Å². The lowest BCUT2D eigenvalue weighted by Gasteiger charge is -2.29. The molecule has 3 aromatic rings. The topological polar surface area (TPSA) is 12.0 Å². The highest BCUT2D eigenvalue weighted by atomic mass is 14.9. The Morgan fingerprint density at radius 3 is 2.07 bits per heavy atom. The lowest BCUT2D eigenvalue weighted by Crippen LogP contribution is -2.15. The van der Waals surface area contributed by atoms with Crippen molar-refractivity contribution in [3.8, 4) is 11.1 Å². The van der Waals surface area contributed by atoms with Gasteiger partial charge in [-0.2, -0.15) is 0 Å². The molecule has 1 aliphatic heterocycles. The van der Waals surface area contributed by atoms with Gasteiger partial charge in [-0.05, 0) is 67.5 Å². The van der Waals surface area contributed by atoms with E-state index < -0.39 is 0 Å². The van der Waals surface area contributed by atoms with Gasteiger partial charge >= 0.3 is 0 Å². The molecule has 1 N–H and O–H groups in total. The van der Waals surface area contributed by atoms with Crippen LogP contribution in [0.25, 0.3) is 16.7 Å². The summed E-state index contributed by atoms with van der Waals surface area (Å²) < 4.78 is 0. The molecule has 1 unspecified atom stereocenters. The Hall–Kier alpha value is -2.80. The third-order valence-corrected chi connectivity index (χ3v) is 5.66. The van der Waals surface area contributed by atoms with Gasteiger partial charge in [0.15, 0.2) is 0 Å². The first-order valence-corrected chi connectivity index (χ1v) is 10.7. The molecular weight excluding hydrogens is 350 g/mol. The van der Waals surface area contributed by atoms with Crippen LogP contribution in [0, 0.1) is 26.7 Å². The summed E-state index contributed by atoms with van der Waals surface area (Å²) in [5, 5.41) is 3.78. The summed E-state index contributed by atoms with van der Waals surface area (Å²) in [5.41, 5.74) is 11.9. The number of fused-ring (bicyclic) bond motifs is 1. The molecule has 1 aliphatic rings. The Morgan fingerprint density at radius 2 is 1.41 bits per heavy atom. The number of allylic oxidation sites excluding steroid dienone is 1. The largest absolute Gasteiger partial charge is 0.374 e. The van der Waals surface area contributed by atoms with Crippen molar-refractivity contribution < 1.29 is 0 Å². The van der Waals surface area contributed by atoms with Crippen molar-refractivity contribution in [1.29, 1.82) is 0 Å². The zero-order chi connectivity index (χ0) is 20.5. The summed E-state index contributed by atoms with van der Waals surface area (Å²) in [6.07, 6.45) is 3.53. The van der Waals surface area contributed by atoms with E-state index >= 15 is 0 Å². The molecule has 1 nitrogen and oxygen atoms in total. The fraction of sp³-hybridized carbons (Fsp3) is 0.286. The molecule has 0 bridgehead atoms. The van der Waals surface area contributed by atoms with Crippen LogP contribution >= 0.6 is 0 Å². The van der Waals surface area contributed by atoms with Gasteiger partial charge in [0.05, 0.1) is 6.04 Å². The normalized spacial score (nSPS) is 15.7. The summed E-state index contributed by atoms with van der Waals surface area (Å²) in [6, 6.07) is 22.8. The van der Waals surface area contributed by atoms with Crippen LogP contribution < -0.4 is 5.32 Å². The molecule has 1 heterocycles. The van der Waals surface area contributed by atoms with Gasteiger partial charge in [0.1, 0.15) is 0 Å². The van der Waals surface area contributed by atoms with Crippen LogP contribution in [-0.4, -0.2) is 0 Å². The Labute approximate surface area is 175 Å². The maximum Gasteiger partial charge on any atom is 0.0704 e. The van der Waals surface area contributed by atoms with Crippen LogP contribution in [0.3, 0.4) is 0 Å². The summed E-state index contributed by atoms with van der Waals surface area (Å²) in [6.45, 7) is 11.1. The van der Waals surface area contributed by atoms with E-state index in [4.69, 9.17) is 0 Å². The van der Waals surface area contributed by atoms with Crippen LogP contribution in [0.5, 0.6) is 0 Å². The molecule has 1 heteroatoms. The predicted molar refractivity (Wildman–Crippen MR) is 126 cm³/mol. The average molecular weight is 382 g/mol. The third kappa shape index (κ3) is 4.29. The van der Waals surface area contributed by atoms with E-state index in [-0.39, 0.29) is 6.04 Å². The fourth-order valence-electron chi connectivity index (χ4n) is 4.35. The van der Waals surface area contributed by atoms with Crippen molar-refractivity contribution in [2.75, 3.05) is 5.32 Å². The molecule has 0 fully saturated rings. The summed E-state index contributed by atoms with van der Waals surface area (Å²) >= 11 is 0. The van der Waals surface area contributed by atoms with Gasteiger partial charge in [-0.3, -0.25) is 0 Å². The van der Waals surface area contributed by atoms with Crippen molar-refractivity contribution in [2.45, 2.75) is 47.1 Å². The Balaban J connectivity index is 1.76. The van der Waals surface area contributed by atoms with E-state index in [9.17, 15) is 0 Å². The van der Waals surface area contributed by atoms with Gasteiger partial charge in [0.2, 0.25) is 0 Å². The molecule has 29 heavy (non-hydrogen) atoms. The number of rotatable bonds is 4. The average Bonchev–Trinajstić information content (AvgIpc) is 2.67. The first-order chi connectivity index (χ1) is 13.9. The Bertz CT molecular complexity index is 1030. The minimum Gasteiger partial charge on any atom is -0.374 e. The number of benzene rings is 3.